The average Bonchev–Trinajstić information content (AvgIpc) is 2.88. The van der Waals surface area contributed by atoms with Crippen molar-refractivity contribution in [2.24, 2.45) is 11.8 Å². The van der Waals surface area contributed by atoms with Gasteiger partial charge in [0, 0.05) is 20.1 Å². The second kappa shape index (κ2) is 5.33. The molecule has 0 aromatic carbocycles. The minimum atomic E-state index is -0.00620. The molecule has 1 aromatic heterocycles. The molecule has 98 valence electrons. The first-order valence-electron chi connectivity index (χ1n) is 6.41. The van der Waals surface area contributed by atoms with Crippen molar-refractivity contribution < 1.29 is 4.79 Å². The summed E-state index contributed by atoms with van der Waals surface area (Å²) in [6, 6.07) is 0. The zero-order valence-electron chi connectivity index (χ0n) is 11.2. The van der Waals surface area contributed by atoms with Crippen LogP contribution in [0.15, 0.2) is 12.4 Å². The number of hydrogen-bond donors (Lipinski definition) is 1. The van der Waals surface area contributed by atoms with Crippen molar-refractivity contribution in [3.63, 3.8) is 0 Å². The average molecular weight is 248 g/mol. The Morgan fingerprint density at radius 3 is 2.72 bits per heavy atom. The Balaban J connectivity index is 2.03. The van der Waals surface area contributed by atoms with Gasteiger partial charge in [0.05, 0.1) is 12.4 Å². The number of hydrogen-bond acceptors (Lipinski definition) is 4. The Labute approximate surface area is 108 Å². The molecule has 1 atom stereocenters. The molecule has 2 heterocycles. The van der Waals surface area contributed by atoms with Crippen LogP contribution in [0.5, 0.6) is 0 Å². The fourth-order valence-electron chi connectivity index (χ4n) is 2.25. The number of nitrogens with one attached hydrogen (secondary N) is 1. The highest BCUT2D eigenvalue weighted by Gasteiger charge is 2.29. The van der Waals surface area contributed by atoms with Crippen molar-refractivity contribution in [2.45, 2.75) is 20.3 Å². The molecule has 1 N–H and O–H groups in total. The first kappa shape index (κ1) is 12.8. The second-order valence-electron chi connectivity index (χ2n) is 5.08. The molecule has 1 aliphatic heterocycles. The van der Waals surface area contributed by atoms with E-state index in [4.69, 9.17) is 0 Å². The largest absolute Gasteiger partial charge is 0.372 e. The number of carbonyl (C=O) groups is 1. The smallest absolute Gasteiger partial charge is 0.274 e. The highest BCUT2D eigenvalue weighted by Crippen LogP contribution is 2.24. The van der Waals surface area contributed by atoms with Gasteiger partial charge < -0.3 is 10.2 Å². The van der Waals surface area contributed by atoms with Gasteiger partial charge in [-0.2, -0.15) is 0 Å². The van der Waals surface area contributed by atoms with Gasteiger partial charge >= 0.3 is 0 Å². The zero-order chi connectivity index (χ0) is 13.1. The lowest BCUT2D eigenvalue weighted by atomic mass is 9.95. The van der Waals surface area contributed by atoms with Crippen molar-refractivity contribution >= 4 is 11.7 Å². The molecular formula is C13H20N4O. The molecule has 0 radical (unpaired) electrons. The van der Waals surface area contributed by atoms with Crippen LogP contribution < -0.4 is 5.32 Å². The summed E-state index contributed by atoms with van der Waals surface area (Å²) in [6.07, 6.45) is 4.21. The fourth-order valence-corrected chi connectivity index (χ4v) is 2.25. The number of amides is 1. The molecular weight excluding hydrogens is 228 g/mol. The van der Waals surface area contributed by atoms with Crippen LogP contribution in [0.1, 0.15) is 30.8 Å². The summed E-state index contributed by atoms with van der Waals surface area (Å²) in [7, 11) is 1.78. The number of rotatable bonds is 3. The lowest BCUT2D eigenvalue weighted by Gasteiger charge is -2.17. The Morgan fingerprint density at radius 1 is 1.44 bits per heavy atom. The van der Waals surface area contributed by atoms with Crippen LogP contribution in [0.2, 0.25) is 0 Å². The molecule has 1 aromatic rings. The molecule has 1 saturated heterocycles. The van der Waals surface area contributed by atoms with Gasteiger partial charge in [-0.05, 0) is 18.3 Å². The maximum Gasteiger partial charge on any atom is 0.274 e. The van der Waals surface area contributed by atoms with E-state index in [9.17, 15) is 4.79 Å². The summed E-state index contributed by atoms with van der Waals surface area (Å²) in [6.45, 7) is 6.09. The summed E-state index contributed by atoms with van der Waals surface area (Å²) in [5.74, 6) is 1.90. The molecule has 1 aliphatic rings. The van der Waals surface area contributed by atoms with Crippen LogP contribution in [0.3, 0.4) is 0 Å². The highest BCUT2D eigenvalue weighted by molar-refractivity contribution is 5.92. The van der Waals surface area contributed by atoms with Crippen LogP contribution >= 0.6 is 0 Å². The Kier molecular flexibility index (Phi) is 3.79. The van der Waals surface area contributed by atoms with E-state index in [0.29, 0.717) is 23.3 Å². The first-order chi connectivity index (χ1) is 8.61. The summed E-state index contributed by atoms with van der Waals surface area (Å²) < 4.78 is 0. The van der Waals surface area contributed by atoms with E-state index in [-0.39, 0.29) is 5.91 Å². The van der Waals surface area contributed by atoms with Crippen LogP contribution in [-0.4, -0.2) is 40.9 Å². The van der Waals surface area contributed by atoms with Crippen molar-refractivity contribution in [1.29, 1.82) is 0 Å². The van der Waals surface area contributed by atoms with Gasteiger partial charge in [0.25, 0.3) is 5.91 Å². The summed E-state index contributed by atoms with van der Waals surface area (Å²) >= 11 is 0. The maximum absolute atomic E-state index is 12.2. The molecule has 0 saturated carbocycles. The monoisotopic (exact) mass is 248 g/mol. The van der Waals surface area contributed by atoms with Gasteiger partial charge in [0.1, 0.15) is 11.5 Å². The molecule has 2 rings (SSSR count). The van der Waals surface area contributed by atoms with Crippen LogP contribution in [-0.2, 0) is 0 Å². The third-order valence-electron chi connectivity index (χ3n) is 3.58. The predicted molar refractivity (Wildman–Crippen MR) is 70.4 cm³/mol. The molecule has 0 aliphatic carbocycles. The number of carbonyl (C=O) groups excluding carboxylic acids is 1. The SMILES string of the molecule is CNc1cnc(C(=O)N2CCC(C(C)C)C2)cn1. The summed E-state index contributed by atoms with van der Waals surface area (Å²) in [5, 5.41) is 2.89. The van der Waals surface area contributed by atoms with Gasteiger partial charge in [0.15, 0.2) is 0 Å². The maximum atomic E-state index is 12.2. The number of likely N-dealkylation sites (tertiary alicyclic amines) is 1. The third kappa shape index (κ3) is 2.60. The van der Waals surface area contributed by atoms with Gasteiger partial charge in [-0.15, -0.1) is 0 Å². The number of nitrogens with zero attached hydrogens (tertiary/aromatic N) is 3. The van der Waals surface area contributed by atoms with Crippen LogP contribution in [0.25, 0.3) is 0 Å². The second-order valence-corrected chi connectivity index (χ2v) is 5.08. The molecule has 18 heavy (non-hydrogen) atoms. The van der Waals surface area contributed by atoms with Gasteiger partial charge in [-0.25, -0.2) is 9.97 Å². The first-order valence-corrected chi connectivity index (χ1v) is 6.41. The van der Waals surface area contributed by atoms with Crippen molar-refractivity contribution in [3.05, 3.63) is 18.1 Å². The van der Waals surface area contributed by atoms with Crippen molar-refractivity contribution in [1.82, 2.24) is 14.9 Å². The van der Waals surface area contributed by atoms with Crippen LogP contribution in [0, 0.1) is 11.8 Å². The fraction of sp³-hybridized carbons (Fsp3) is 0.615. The van der Waals surface area contributed by atoms with Gasteiger partial charge in [-0.3, -0.25) is 4.79 Å². The summed E-state index contributed by atoms with van der Waals surface area (Å²) in [4.78, 5) is 22.4. The number of aromatic nitrogens is 2. The van der Waals surface area contributed by atoms with Crippen molar-refractivity contribution in [3.8, 4) is 0 Å². The molecule has 0 spiro atoms. The van der Waals surface area contributed by atoms with E-state index < -0.39 is 0 Å². The minimum absolute atomic E-state index is 0.00620. The Morgan fingerprint density at radius 2 is 2.22 bits per heavy atom. The van der Waals surface area contributed by atoms with E-state index in [2.05, 4.69) is 29.1 Å². The lowest BCUT2D eigenvalue weighted by molar-refractivity contribution is 0.0778. The van der Waals surface area contributed by atoms with Crippen molar-refractivity contribution in [2.75, 3.05) is 25.5 Å². The van der Waals surface area contributed by atoms with Gasteiger partial charge in [0.2, 0.25) is 0 Å². The lowest BCUT2D eigenvalue weighted by Crippen LogP contribution is -2.30. The molecule has 1 fully saturated rings. The predicted octanol–water partition coefficient (Wildman–Crippen LogP) is 1.64. The van der Waals surface area contributed by atoms with Crippen LogP contribution in [0.4, 0.5) is 5.82 Å². The van der Waals surface area contributed by atoms with E-state index in [1.807, 2.05) is 4.90 Å². The van der Waals surface area contributed by atoms with E-state index in [0.717, 1.165) is 19.5 Å². The molecule has 0 bridgehead atoms. The van der Waals surface area contributed by atoms with E-state index in [1.165, 1.54) is 6.20 Å². The Hall–Kier alpha value is -1.65. The third-order valence-corrected chi connectivity index (χ3v) is 3.58. The standard InChI is InChI=1S/C13H20N4O/c1-9(2)10-4-5-17(8-10)13(18)11-6-16-12(14-3)7-15-11/h6-7,9-10H,4-5,8H2,1-3H3,(H,14,16). The minimum Gasteiger partial charge on any atom is -0.372 e. The number of anilines is 1. The Bertz CT molecular complexity index is 416. The molecule has 5 nitrogen and oxygen atoms in total. The van der Waals surface area contributed by atoms with E-state index >= 15 is 0 Å². The summed E-state index contributed by atoms with van der Waals surface area (Å²) in [5.41, 5.74) is 0.429. The van der Waals surface area contributed by atoms with Gasteiger partial charge in [-0.1, -0.05) is 13.8 Å². The quantitative estimate of drug-likeness (QED) is 0.883. The molecule has 1 amide bonds. The van der Waals surface area contributed by atoms with E-state index in [1.54, 1.807) is 13.2 Å². The highest BCUT2D eigenvalue weighted by atomic mass is 16.2. The normalized spacial score (nSPS) is 19.3. The zero-order valence-corrected chi connectivity index (χ0v) is 11.2. The molecule has 5 heteroatoms. The topological polar surface area (TPSA) is 58.1 Å². The molecule has 1 unspecified atom stereocenters.